The van der Waals surface area contributed by atoms with Crippen LogP contribution in [0.25, 0.3) is 5.69 Å². The summed E-state index contributed by atoms with van der Waals surface area (Å²) in [7, 11) is 0. The molecule has 1 amide bonds. The Morgan fingerprint density at radius 2 is 1.84 bits per heavy atom. The van der Waals surface area contributed by atoms with Gasteiger partial charge < -0.3 is 15.5 Å². The minimum Gasteiger partial charge on any atom is -0.505 e. The van der Waals surface area contributed by atoms with Crippen molar-refractivity contribution in [3.63, 3.8) is 0 Å². The molecule has 8 nitrogen and oxygen atoms in total. The van der Waals surface area contributed by atoms with E-state index in [4.69, 9.17) is 0 Å². The minimum atomic E-state index is -0.813. The molecule has 0 spiro atoms. The van der Waals surface area contributed by atoms with Crippen LogP contribution < -0.4 is 10.9 Å². The van der Waals surface area contributed by atoms with E-state index in [2.05, 4.69) is 15.4 Å². The van der Waals surface area contributed by atoms with Crippen LogP contribution in [-0.4, -0.2) is 30.9 Å². The lowest BCUT2D eigenvalue weighted by atomic mass is 10.2. The maximum Gasteiger partial charge on any atom is 0.281 e. The molecule has 0 atom stereocenters. The number of hydrogen-bond acceptors (Lipinski definition) is 6. The second-order valence-electron chi connectivity index (χ2n) is 5.29. The van der Waals surface area contributed by atoms with Crippen molar-refractivity contribution in [2.45, 2.75) is 6.92 Å². The Kier molecular flexibility index (Phi) is 4.17. The maximum absolute atomic E-state index is 12.3. The highest BCUT2D eigenvalue weighted by molar-refractivity contribution is 6.04. The van der Waals surface area contributed by atoms with Crippen LogP contribution in [0.1, 0.15) is 16.1 Å². The molecule has 3 rings (SSSR count). The van der Waals surface area contributed by atoms with E-state index in [-0.39, 0.29) is 17.3 Å². The highest BCUT2D eigenvalue weighted by Gasteiger charge is 2.18. The number of amides is 1. The fraction of sp³-hybridized carbons (Fsp3) is 0.0588. The molecule has 3 N–H and O–H groups in total. The molecule has 25 heavy (non-hydrogen) atoms. The number of aromatic nitrogens is 3. The molecular weight excluding hydrogens is 324 g/mol. The van der Waals surface area contributed by atoms with E-state index in [0.29, 0.717) is 5.69 Å². The highest BCUT2D eigenvalue weighted by Crippen LogP contribution is 2.20. The van der Waals surface area contributed by atoms with Gasteiger partial charge in [-0.05, 0) is 31.2 Å². The zero-order chi connectivity index (χ0) is 18.0. The number of aryl methyl sites for hydroxylation is 1. The first-order valence-electron chi connectivity index (χ1n) is 7.31. The molecule has 1 aromatic carbocycles. The third kappa shape index (κ3) is 3.32. The average Bonchev–Trinajstić information content (AvgIpc) is 2.58. The van der Waals surface area contributed by atoms with E-state index in [1.54, 1.807) is 24.3 Å². The van der Waals surface area contributed by atoms with Gasteiger partial charge in [0.05, 0.1) is 5.69 Å². The van der Waals surface area contributed by atoms with Gasteiger partial charge in [-0.2, -0.15) is 9.78 Å². The number of anilines is 1. The molecule has 0 saturated carbocycles. The topological polar surface area (TPSA) is 117 Å². The van der Waals surface area contributed by atoms with Gasteiger partial charge in [0.25, 0.3) is 11.5 Å². The summed E-state index contributed by atoms with van der Waals surface area (Å²) in [6.07, 6.45) is 1.38. The van der Waals surface area contributed by atoms with E-state index in [0.717, 1.165) is 16.3 Å². The number of carbonyl (C=O) groups excluding carboxylic acids is 1. The Balaban J connectivity index is 2.00. The maximum atomic E-state index is 12.3. The monoisotopic (exact) mass is 338 g/mol. The van der Waals surface area contributed by atoms with Gasteiger partial charge in [0.2, 0.25) is 0 Å². The number of pyridine rings is 1. The Morgan fingerprint density at radius 3 is 2.52 bits per heavy atom. The lowest BCUT2D eigenvalue weighted by molar-refractivity contribution is 0.101. The summed E-state index contributed by atoms with van der Waals surface area (Å²) >= 11 is 0. The molecule has 0 fully saturated rings. The molecule has 0 aliphatic heterocycles. The van der Waals surface area contributed by atoms with Crippen molar-refractivity contribution in [3.8, 4) is 17.2 Å². The third-order valence-electron chi connectivity index (χ3n) is 3.42. The first kappa shape index (κ1) is 16.2. The summed E-state index contributed by atoms with van der Waals surface area (Å²) in [4.78, 5) is 28.2. The summed E-state index contributed by atoms with van der Waals surface area (Å²) in [5.74, 6) is -1.70. The number of nitrogens with zero attached hydrogens (tertiary/aromatic N) is 3. The van der Waals surface area contributed by atoms with Crippen molar-refractivity contribution in [2.24, 2.45) is 0 Å². The quantitative estimate of drug-likeness (QED) is 0.668. The van der Waals surface area contributed by atoms with Crippen molar-refractivity contribution in [1.82, 2.24) is 14.8 Å². The third-order valence-corrected chi connectivity index (χ3v) is 3.42. The summed E-state index contributed by atoms with van der Waals surface area (Å²) in [6.45, 7) is 1.90. The van der Waals surface area contributed by atoms with Crippen molar-refractivity contribution in [3.05, 3.63) is 70.3 Å². The van der Waals surface area contributed by atoms with Gasteiger partial charge in [-0.1, -0.05) is 17.7 Å². The Bertz CT molecular complexity index is 996. The SMILES string of the molecule is Cc1ccc(-n2nc(C(=O)Nc3ncccc3O)c(O)cc2=O)cc1. The molecule has 8 heteroatoms. The average molecular weight is 338 g/mol. The number of aromatic hydroxyl groups is 2. The molecule has 0 bridgehead atoms. The van der Waals surface area contributed by atoms with Crippen LogP contribution in [0.4, 0.5) is 5.82 Å². The molecule has 2 heterocycles. The fourth-order valence-corrected chi connectivity index (χ4v) is 2.14. The zero-order valence-electron chi connectivity index (χ0n) is 13.2. The summed E-state index contributed by atoms with van der Waals surface area (Å²) in [6, 6.07) is 10.7. The van der Waals surface area contributed by atoms with Gasteiger partial charge in [0.15, 0.2) is 23.0 Å². The summed E-state index contributed by atoms with van der Waals surface area (Å²) in [5, 5.41) is 25.8. The fourth-order valence-electron chi connectivity index (χ4n) is 2.14. The van der Waals surface area contributed by atoms with Gasteiger partial charge in [0.1, 0.15) is 0 Å². The molecule has 0 aliphatic carbocycles. The second kappa shape index (κ2) is 6.44. The van der Waals surface area contributed by atoms with Crippen LogP contribution >= 0.6 is 0 Å². The predicted molar refractivity (Wildman–Crippen MR) is 90.1 cm³/mol. The van der Waals surface area contributed by atoms with E-state index in [1.165, 1.54) is 18.3 Å². The standard InChI is InChI=1S/C17H14N4O4/c1-10-4-6-11(7-5-10)21-14(24)9-13(23)15(20-21)17(25)19-16-12(22)3-2-8-18-16/h2-9,22-23H,1H3,(H,18,19,25). The van der Waals surface area contributed by atoms with E-state index in [9.17, 15) is 19.8 Å². The van der Waals surface area contributed by atoms with Crippen molar-refractivity contribution >= 4 is 11.7 Å². The van der Waals surface area contributed by atoms with Crippen LogP contribution in [0.3, 0.4) is 0 Å². The first-order chi connectivity index (χ1) is 12.0. The Labute approximate surface area is 142 Å². The second-order valence-corrected chi connectivity index (χ2v) is 5.29. The Morgan fingerprint density at radius 1 is 1.12 bits per heavy atom. The zero-order valence-corrected chi connectivity index (χ0v) is 13.2. The highest BCUT2D eigenvalue weighted by atomic mass is 16.3. The van der Waals surface area contributed by atoms with E-state index >= 15 is 0 Å². The number of benzene rings is 1. The number of rotatable bonds is 3. The molecule has 3 aromatic rings. The molecule has 0 aliphatic rings. The predicted octanol–water partition coefficient (Wildman–Crippen LogP) is 1.60. The lowest BCUT2D eigenvalue weighted by Crippen LogP contribution is -2.25. The van der Waals surface area contributed by atoms with Gasteiger partial charge in [-0.15, -0.1) is 0 Å². The Hall–Kier alpha value is -3.68. The van der Waals surface area contributed by atoms with Crippen molar-refractivity contribution in [2.75, 3.05) is 5.32 Å². The molecule has 0 unspecified atom stereocenters. The van der Waals surface area contributed by atoms with Crippen LogP contribution in [0.5, 0.6) is 11.5 Å². The van der Waals surface area contributed by atoms with Crippen LogP contribution in [0.2, 0.25) is 0 Å². The number of nitrogens with one attached hydrogen (secondary N) is 1. The number of hydrogen-bond donors (Lipinski definition) is 3. The first-order valence-corrected chi connectivity index (χ1v) is 7.31. The smallest absolute Gasteiger partial charge is 0.281 e. The van der Waals surface area contributed by atoms with Gasteiger partial charge >= 0.3 is 0 Å². The lowest BCUT2D eigenvalue weighted by Gasteiger charge is -2.10. The van der Waals surface area contributed by atoms with Gasteiger partial charge in [-0.3, -0.25) is 9.59 Å². The van der Waals surface area contributed by atoms with Crippen molar-refractivity contribution < 1.29 is 15.0 Å². The van der Waals surface area contributed by atoms with Crippen LogP contribution in [0.15, 0.2) is 53.5 Å². The minimum absolute atomic E-state index is 0.0817. The van der Waals surface area contributed by atoms with Crippen LogP contribution in [-0.2, 0) is 0 Å². The molecule has 0 radical (unpaired) electrons. The summed E-state index contributed by atoms with van der Waals surface area (Å²) in [5.41, 5.74) is 0.494. The largest absolute Gasteiger partial charge is 0.505 e. The van der Waals surface area contributed by atoms with Crippen LogP contribution in [0, 0.1) is 6.92 Å². The van der Waals surface area contributed by atoms with Crippen molar-refractivity contribution in [1.29, 1.82) is 0 Å². The van der Waals surface area contributed by atoms with E-state index in [1.807, 2.05) is 6.92 Å². The normalized spacial score (nSPS) is 10.4. The summed E-state index contributed by atoms with van der Waals surface area (Å²) < 4.78 is 1.01. The molecular formula is C17H14N4O4. The van der Waals surface area contributed by atoms with E-state index < -0.39 is 17.2 Å². The number of carbonyl (C=O) groups is 1. The van der Waals surface area contributed by atoms with Gasteiger partial charge in [0, 0.05) is 12.3 Å². The molecule has 126 valence electrons. The molecule has 2 aromatic heterocycles. The van der Waals surface area contributed by atoms with Gasteiger partial charge in [-0.25, -0.2) is 4.98 Å². The molecule has 0 saturated heterocycles.